The summed E-state index contributed by atoms with van der Waals surface area (Å²) in [6.07, 6.45) is 0.785. The van der Waals surface area contributed by atoms with Crippen LogP contribution >= 0.6 is 23.2 Å². The molecule has 0 bridgehead atoms. The van der Waals surface area contributed by atoms with E-state index >= 15 is 0 Å². The van der Waals surface area contributed by atoms with E-state index in [0.29, 0.717) is 41.5 Å². The van der Waals surface area contributed by atoms with E-state index in [1.807, 2.05) is 19.1 Å². The lowest BCUT2D eigenvalue weighted by molar-refractivity contribution is -0.142. The van der Waals surface area contributed by atoms with Crippen LogP contribution in [0.1, 0.15) is 24.5 Å². The van der Waals surface area contributed by atoms with Crippen LogP contribution in [0.25, 0.3) is 11.1 Å². The van der Waals surface area contributed by atoms with Gasteiger partial charge in [0.2, 0.25) is 14.8 Å². The molecule has 1 saturated heterocycles. The molecule has 2 aromatic rings. The highest BCUT2D eigenvalue weighted by atomic mass is 35.5. The van der Waals surface area contributed by atoms with E-state index in [2.05, 4.69) is 5.32 Å². The Kier molecular flexibility index (Phi) is 6.09. The van der Waals surface area contributed by atoms with Crippen molar-refractivity contribution in [2.75, 3.05) is 26.2 Å². The number of sulfonamides is 1. The minimum atomic E-state index is -4.16. The van der Waals surface area contributed by atoms with E-state index in [9.17, 15) is 18.3 Å². The molecular formula is C22H24Cl2N2O4S. The van der Waals surface area contributed by atoms with Gasteiger partial charge in [-0.3, -0.25) is 4.79 Å². The van der Waals surface area contributed by atoms with Crippen LogP contribution < -0.4 is 5.32 Å². The van der Waals surface area contributed by atoms with Crippen molar-refractivity contribution in [1.82, 2.24) is 9.62 Å². The zero-order chi connectivity index (χ0) is 22.4. The van der Waals surface area contributed by atoms with Crippen molar-refractivity contribution in [1.29, 1.82) is 0 Å². The maximum Gasteiger partial charge on any atom is 0.331 e. The van der Waals surface area contributed by atoms with Gasteiger partial charge in [-0.25, -0.2) is 8.42 Å². The quantitative estimate of drug-likeness (QED) is 0.677. The van der Waals surface area contributed by atoms with Crippen molar-refractivity contribution < 1.29 is 18.3 Å². The molecule has 0 amide bonds. The highest BCUT2D eigenvalue weighted by Crippen LogP contribution is 2.52. The third kappa shape index (κ3) is 3.38. The Bertz CT molecular complexity index is 1130. The number of piperazine rings is 1. The number of benzene rings is 2. The number of carboxylic acids is 1. The van der Waals surface area contributed by atoms with Gasteiger partial charge in [-0.15, -0.1) is 0 Å². The van der Waals surface area contributed by atoms with Crippen LogP contribution in [0.5, 0.6) is 0 Å². The van der Waals surface area contributed by atoms with Crippen molar-refractivity contribution in [2.45, 2.75) is 24.5 Å². The minimum absolute atomic E-state index is 0.260. The van der Waals surface area contributed by atoms with Gasteiger partial charge < -0.3 is 10.4 Å². The van der Waals surface area contributed by atoms with Gasteiger partial charge in [0.25, 0.3) is 0 Å². The lowest BCUT2D eigenvalue weighted by Crippen LogP contribution is -2.57. The molecule has 0 aromatic heterocycles. The first kappa shape index (κ1) is 22.6. The Balaban J connectivity index is 1.95. The average Bonchev–Trinajstić information content (AvgIpc) is 3.12. The number of rotatable bonds is 5. The monoisotopic (exact) mass is 482 g/mol. The largest absolute Gasteiger partial charge is 0.480 e. The molecule has 1 aliphatic heterocycles. The highest BCUT2D eigenvalue weighted by molar-refractivity contribution is 7.90. The third-order valence-corrected chi connectivity index (χ3v) is 9.79. The Morgan fingerprint density at radius 2 is 1.90 bits per heavy atom. The van der Waals surface area contributed by atoms with Crippen LogP contribution in [-0.4, -0.2) is 50.0 Å². The predicted molar refractivity (Wildman–Crippen MR) is 122 cm³/mol. The minimum Gasteiger partial charge on any atom is -0.480 e. The number of hydrogen-bond donors (Lipinski definition) is 2. The van der Waals surface area contributed by atoms with Crippen LogP contribution in [0, 0.1) is 5.92 Å². The lowest BCUT2D eigenvalue weighted by atomic mass is 9.89. The maximum absolute atomic E-state index is 13.9. The summed E-state index contributed by atoms with van der Waals surface area (Å²) in [5.74, 6) is -1.90. The molecule has 6 nitrogen and oxygen atoms in total. The Hall–Kier alpha value is -1.64. The fraction of sp³-hybridized carbons (Fsp3) is 0.409. The first-order valence-electron chi connectivity index (χ1n) is 10.3. The Morgan fingerprint density at radius 3 is 2.52 bits per heavy atom. The number of fused-ring (bicyclic) bond motifs is 1. The highest BCUT2D eigenvalue weighted by Gasteiger charge is 2.63. The molecule has 2 N–H and O–H groups in total. The van der Waals surface area contributed by atoms with Gasteiger partial charge in [0.15, 0.2) is 0 Å². The molecular weight excluding hydrogens is 459 g/mol. The number of carboxylic acid groups (broad SMARTS) is 1. The summed E-state index contributed by atoms with van der Waals surface area (Å²) in [6, 6.07) is 10.5. The second-order valence-electron chi connectivity index (χ2n) is 7.96. The Labute approximate surface area is 192 Å². The second-order valence-corrected chi connectivity index (χ2v) is 10.9. The molecule has 1 heterocycles. The zero-order valence-corrected chi connectivity index (χ0v) is 19.4. The molecule has 2 aromatic carbocycles. The first-order valence-corrected chi connectivity index (χ1v) is 12.5. The summed E-state index contributed by atoms with van der Waals surface area (Å²) in [5, 5.41) is 14.4. The van der Waals surface area contributed by atoms with Crippen molar-refractivity contribution in [2.24, 2.45) is 5.92 Å². The van der Waals surface area contributed by atoms with Crippen molar-refractivity contribution in [3.05, 3.63) is 57.6 Å². The molecule has 1 fully saturated rings. The van der Waals surface area contributed by atoms with Gasteiger partial charge in [0.05, 0.1) is 10.0 Å². The normalized spacial score (nSPS) is 24.2. The van der Waals surface area contributed by atoms with Crippen molar-refractivity contribution in [3.8, 4) is 11.1 Å². The van der Waals surface area contributed by atoms with E-state index in [0.717, 1.165) is 16.7 Å². The van der Waals surface area contributed by atoms with E-state index in [-0.39, 0.29) is 13.1 Å². The topological polar surface area (TPSA) is 86.7 Å². The molecule has 0 radical (unpaired) electrons. The molecule has 166 valence electrons. The molecule has 2 atom stereocenters. The summed E-state index contributed by atoms with van der Waals surface area (Å²) in [6.45, 7) is 3.37. The molecule has 9 heteroatoms. The molecule has 0 saturated carbocycles. The number of aliphatic carboxylic acids is 1. The van der Waals surface area contributed by atoms with Crippen molar-refractivity contribution >= 4 is 39.2 Å². The van der Waals surface area contributed by atoms with Crippen LogP contribution in [0.15, 0.2) is 36.4 Å². The summed E-state index contributed by atoms with van der Waals surface area (Å²) in [5.41, 5.74) is 2.66. The number of nitrogens with zero attached hydrogens (tertiary/aromatic N) is 1. The SMILES string of the molecule is CCC1Cc2c(-c3ccc(Cl)c(Cl)c3)cccc2C1(C(=O)O)S(=O)(=O)N1CCNCC1. The van der Waals surface area contributed by atoms with Crippen LogP contribution in [0.4, 0.5) is 0 Å². The molecule has 2 aliphatic rings. The molecule has 0 spiro atoms. The smallest absolute Gasteiger partial charge is 0.331 e. The fourth-order valence-electron chi connectivity index (χ4n) is 4.97. The van der Waals surface area contributed by atoms with Gasteiger partial charge in [-0.05, 0) is 46.7 Å². The van der Waals surface area contributed by atoms with E-state index < -0.39 is 26.7 Å². The van der Waals surface area contributed by atoms with Gasteiger partial charge in [0.1, 0.15) is 0 Å². The molecule has 2 unspecified atom stereocenters. The summed E-state index contributed by atoms with van der Waals surface area (Å²) in [7, 11) is -4.16. The lowest BCUT2D eigenvalue weighted by Gasteiger charge is -2.38. The van der Waals surface area contributed by atoms with Crippen LogP contribution in [0.3, 0.4) is 0 Å². The van der Waals surface area contributed by atoms with Crippen molar-refractivity contribution in [3.63, 3.8) is 0 Å². The summed E-state index contributed by atoms with van der Waals surface area (Å²) in [4.78, 5) is 12.8. The number of carbonyl (C=O) groups is 1. The summed E-state index contributed by atoms with van der Waals surface area (Å²) < 4.78 is 27.1. The molecule has 4 rings (SSSR count). The molecule has 31 heavy (non-hydrogen) atoms. The third-order valence-electron chi connectivity index (χ3n) is 6.47. The van der Waals surface area contributed by atoms with Crippen LogP contribution in [0.2, 0.25) is 10.0 Å². The van der Waals surface area contributed by atoms with E-state index in [1.165, 1.54) is 4.31 Å². The molecule has 1 aliphatic carbocycles. The van der Waals surface area contributed by atoms with Gasteiger partial charge in [-0.2, -0.15) is 4.31 Å². The average molecular weight is 483 g/mol. The van der Waals surface area contributed by atoms with Gasteiger partial charge in [-0.1, -0.05) is 60.8 Å². The predicted octanol–water partition coefficient (Wildman–Crippen LogP) is 3.76. The second kappa shape index (κ2) is 8.37. The summed E-state index contributed by atoms with van der Waals surface area (Å²) >= 11 is 12.3. The Morgan fingerprint density at radius 1 is 1.19 bits per heavy atom. The fourth-order valence-corrected chi connectivity index (χ4v) is 7.70. The van der Waals surface area contributed by atoms with Crippen LogP contribution in [-0.2, 0) is 26.0 Å². The van der Waals surface area contributed by atoms with Gasteiger partial charge in [0, 0.05) is 26.2 Å². The number of halogens is 2. The zero-order valence-electron chi connectivity index (χ0n) is 17.1. The standard InChI is InChI=1S/C22H24Cl2N2O4S/c1-2-15-13-17-16(14-6-7-19(23)20(24)12-14)4-3-5-18(17)22(15,21(27)28)31(29,30)26-10-8-25-9-11-26/h3-7,12,15,25H,2,8-11,13H2,1H3,(H,27,28). The van der Waals surface area contributed by atoms with Gasteiger partial charge >= 0.3 is 5.97 Å². The van der Waals surface area contributed by atoms with E-state index in [4.69, 9.17) is 23.2 Å². The number of nitrogens with one attached hydrogen (secondary N) is 1. The number of hydrogen-bond acceptors (Lipinski definition) is 4. The first-order chi connectivity index (χ1) is 14.7. The maximum atomic E-state index is 13.9. The van der Waals surface area contributed by atoms with E-state index in [1.54, 1.807) is 24.3 Å².